The molecule has 2 rings (SSSR count). The Bertz CT molecular complexity index is 491. The van der Waals surface area contributed by atoms with E-state index in [2.05, 4.69) is 20.4 Å². The summed E-state index contributed by atoms with van der Waals surface area (Å²) < 4.78 is 3.94. The fourth-order valence-electron chi connectivity index (χ4n) is 2.04. The Hall–Kier alpha value is -1.02. The molecule has 0 aromatic carbocycles. The van der Waals surface area contributed by atoms with Crippen LogP contribution in [0.1, 0.15) is 38.5 Å². The van der Waals surface area contributed by atoms with Crippen LogP contribution in [-0.4, -0.2) is 41.0 Å². The largest absolute Gasteiger partial charge is 0.312 e. The average molecular weight is 341 g/mol. The summed E-state index contributed by atoms with van der Waals surface area (Å²) in [4.78, 5) is 0. The zero-order chi connectivity index (χ0) is 15.6. The Balaban J connectivity index is 1.39. The lowest BCUT2D eigenvalue weighted by atomic mass is 10.1. The second kappa shape index (κ2) is 9.89. The lowest BCUT2D eigenvalue weighted by Crippen LogP contribution is -1.91. The second-order valence-electron chi connectivity index (χ2n) is 5.27. The van der Waals surface area contributed by atoms with E-state index < -0.39 is 0 Å². The first-order valence-corrected chi connectivity index (χ1v) is 9.68. The van der Waals surface area contributed by atoms with Gasteiger partial charge < -0.3 is 9.13 Å². The van der Waals surface area contributed by atoms with Crippen molar-refractivity contribution < 1.29 is 0 Å². The number of aromatic nitrogens is 6. The molecule has 0 spiro atoms. The Morgan fingerprint density at radius 3 is 1.50 bits per heavy atom. The van der Waals surface area contributed by atoms with Gasteiger partial charge in [0, 0.05) is 25.6 Å². The lowest BCUT2D eigenvalue weighted by molar-refractivity contribution is 0.628. The van der Waals surface area contributed by atoms with Crippen LogP contribution in [0.2, 0.25) is 0 Å². The van der Waals surface area contributed by atoms with Gasteiger partial charge in [-0.2, -0.15) is 0 Å². The van der Waals surface area contributed by atoms with Crippen LogP contribution in [0.3, 0.4) is 0 Å². The van der Waals surface area contributed by atoms with Gasteiger partial charge in [0.25, 0.3) is 0 Å². The van der Waals surface area contributed by atoms with Crippen molar-refractivity contribution in [2.45, 2.75) is 48.8 Å². The maximum Gasteiger partial charge on any atom is 0.190 e. The van der Waals surface area contributed by atoms with E-state index >= 15 is 0 Å². The van der Waals surface area contributed by atoms with Crippen molar-refractivity contribution in [2.24, 2.45) is 14.1 Å². The number of hydrogen-bond donors (Lipinski definition) is 0. The molecule has 0 bridgehead atoms. The zero-order valence-corrected chi connectivity index (χ0v) is 14.9. The number of nitrogens with zero attached hydrogens (tertiary/aromatic N) is 6. The van der Waals surface area contributed by atoms with Crippen LogP contribution in [0.15, 0.2) is 23.0 Å². The van der Waals surface area contributed by atoms with Crippen molar-refractivity contribution in [1.29, 1.82) is 0 Å². The molecular formula is C14H24N6S2. The van der Waals surface area contributed by atoms with Crippen LogP contribution in [-0.2, 0) is 14.1 Å². The van der Waals surface area contributed by atoms with Gasteiger partial charge in [0.2, 0.25) is 0 Å². The molecule has 0 aliphatic heterocycles. The van der Waals surface area contributed by atoms with Crippen LogP contribution in [0.5, 0.6) is 0 Å². The van der Waals surface area contributed by atoms with Gasteiger partial charge >= 0.3 is 0 Å². The summed E-state index contributed by atoms with van der Waals surface area (Å²) >= 11 is 3.59. The molecule has 2 heterocycles. The molecule has 0 aliphatic carbocycles. The van der Waals surface area contributed by atoms with E-state index in [9.17, 15) is 0 Å². The predicted molar refractivity (Wildman–Crippen MR) is 91.2 cm³/mol. The monoisotopic (exact) mass is 340 g/mol. The molecular weight excluding hydrogens is 316 g/mol. The third-order valence-corrected chi connectivity index (χ3v) is 5.58. The Labute approximate surface area is 140 Å². The van der Waals surface area contributed by atoms with Crippen molar-refractivity contribution in [1.82, 2.24) is 29.5 Å². The Morgan fingerprint density at radius 2 is 1.14 bits per heavy atom. The van der Waals surface area contributed by atoms with E-state index in [4.69, 9.17) is 0 Å². The molecule has 122 valence electrons. The van der Waals surface area contributed by atoms with E-state index in [1.165, 1.54) is 38.5 Å². The maximum atomic E-state index is 4.07. The van der Waals surface area contributed by atoms with E-state index in [0.29, 0.717) is 0 Å². The summed E-state index contributed by atoms with van der Waals surface area (Å²) in [6.45, 7) is 0. The molecule has 6 nitrogen and oxygen atoms in total. The van der Waals surface area contributed by atoms with Gasteiger partial charge in [-0.15, -0.1) is 20.4 Å². The molecule has 0 unspecified atom stereocenters. The molecule has 8 heteroatoms. The first-order valence-electron chi connectivity index (χ1n) is 7.71. The molecule has 0 aliphatic rings. The minimum Gasteiger partial charge on any atom is -0.312 e. The van der Waals surface area contributed by atoms with E-state index in [0.717, 1.165) is 21.8 Å². The summed E-state index contributed by atoms with van der Waals surface area (Å²) in [7, 11) is 3.97. The first kappa shape index (κ1) is 17.3. The third kappa shape index (κ3) is 6.00. The minimum atomic E-state index is 1.01. The number of rotatable bonds is 11. The second-order valence-corrected chi connectivity index (χ2v) is 7.39. The zero-order valence-electron chi connectivity index (χ0n) is 13.3. The van der Waals surface area contributed by atoms with Crippen molar-refractivity contribution in [3.63, 3.8) is 0 Å². The van der Waals surface area contributed by atoms with Gasteiger partial charge in [0.15, 0.2) is 10.3 Å². The molecule has 0 saturated heterocycles. The minimum absolute atomic E-state index is 1.01. The van der Waals surface area contributed by atoms with Gasteiger partial charge in [-0.1, -0.05) is 49.2 Å². The van der Waals surface area contributed by atoms with Crippen LogP contribution in [0, 0.1) is 0 Å². The van der Waals surface area contributed by atoms with Gasteiger partial charge in [-0.3, -0.25) is 0 Å². The molecule has 0 amide bonds. The molecule has 0 radical (unpaired) electrons. The topological polar surface area (TPSA) is 61.4 Å². The summed E-state index contributed by atoms with van der Waals surface area (Å²) in [5.74, 6) is 2.27. The molecule has 0 N–H and O–H groups in total. The van der Waals surface area contributed by atoms with Crippen molar-refractivity contribution in [3.8, 4) is 0 Å². The SMILES string of the molecule is Cn1cnnc1SCCCCCCCCSc1nncn1C. The summed E-state index contributed by atoms with van der Waals surface area (Å²) in [6.07, 6.45) is 11.3. The lowest BCUT2D eigenvalue weighted by Gasteiger charge is -2.03. The van der Waals surface area contributed by atoms with Gasteiger partial charge in [-0.25, -0.2) is 0 Å². The quantitative estimate of drug-likeness (QED) is 0.462. The number of unbranched alkanes of at least 4 members (excludes halogenated alkanes) is 5. The van der Waals surface area contributed by atoms with Gasteiger partial charge in [0.1, 0.15) is 12.7 Å². The highest BCUT2D eigenvalue weighted by atomic mass is 32.2. The fourth-order valence-corrected chi connectivity index (χ4v) is 3.82. The summed E-state index contributed by atoms with van der Waals surface area (Å²) in [6, 6.07) is 0. The normalized spacial score (nSPS) is 11.2. The van der Waals surface area contributed by atoms with Crippen LogP contribution >= 0.6 is 23.5 Å². The highest BCUT2D eigenvalue weighted by Crippen LogP contribution is 2.18. The van der Waals surface area contributed by atoms with E-state index in [-0.39, 0.29) is 0 Å². The average Bonchev–Trinajstić information content (AvgIpc) is 3.10. The molecule has 0 saturated carbocycles. The van der Waals surface area contributed by atoms with Crippen molar-refractivity contribution in [3.05, 3.63) is 12.7 Å². The molecule has 0 atom stereocenters. The van der Waals surface area contributed by atoms with E-state index in [1.807, 2.05) is 23.2 Å². The van der Waals surface area contributed by atoms with Gasteiger partial charge in [0.05, 0.1) is 0 Å². The summed E-state index contributed by atoms with van der Waals surface area (Å²) in [5, 5.41) is 17.9. The van der Waals surface area contributed by atoms with Gasteiger partial charge in [-0.05, 0) is 12.8 Å². The Morgan fingerprint density at radius 1 is 0.727 bits per heavy atom. The molecule has 2 aromatic rings. The van der Waals surface area contributed by atoms with Crippen LogP contribution in [0.4, 0.5) is 0 Å². The molecule has 22 heavy (non-hydrogen) atoms. The van der Waals surface area contributed by atoms with E-state index in [1.54, 1.807) is 36.2 Å². The number of thioether (sulfide) groups is 2. The maximum absolute atomic E-state index is 4.07. The molecule has 2 aromatic heterocycles. The highest BCUT2D eigenvalue weighted by molar-refractivity contribution is 7.99. The van der Waals surface area contributed by atoms with Crippen molar-refractivity contribution >= 4 is 23.5 Å². The standard InChI is InChI=1S/C14H24N6S2/c1-19-11-15-17-13(19)21-9-7-5-3-4-6-8-10-22-14-18-16-12-20(14)2/h11-12H,3-10H2,1-2H3. The number of aryl methyl sites for hydroxylation is 2. The summed E-state index contributed by atoms with van der Waals surface area (Å²) in [5.41, 5.74) is 0. The van der Waals surface area contributed by atoms with Crippen LogP contribution < -0.4 is 0 Å². The first-order chi connectivity index (χ1) is 10.8. The highest BCUT2D eigenvalue weighted by Gasteiger charge is 2.02. The third-order valence-electron chi connectivity index (χ3n) is 3.34. The molecule has 0 fully saturated rings. The number of hydrogen-bond acceptors (Lipinski definition) is 6. The van der Waals surface area contributed by atoms with Crippen molar-refractivity contribution in [2.75, 3.05) is 11.5 Å². The van der Waals surface area contributed by atoms with Crippen LogP contribution in [0.25, 0.3) is 0 Å². The Kier molecular flexibility index (Phi) is 7.79. The fraction of sp³-hybridized carbons (Fsp3) is 0.714. The smallest absolute Gasteiger partial charge is 0.190 e. The predicted octanol–water partition coefficient (Wildman–Crippen LogP) is 3.17.